The summed E-state index contributed by atoms with van der Waals surface area (Å²) in [5.74, 6) is -0.287. The lowest BCUT2D eigenvalue weighted by Gasteiger charge is -2.36. The Kier molecular flexibility index (Phi) is 7.46. The number of halogens is 1. The van der Waals surface area contributed by atoms with Crippen LogP contribution in [0.4, 0.5) is 0 Å². The summed E-state index contributed by atoms with van der Waals surface area (Å²) in [6.45, 7) is 4.29. The first-order chi connectivity index (χ1) is 12.2. The number of hydrogen-bond donors (Lipinski definition) is 4. The van der Waals surface area contributed by atoms with Gasteiger partial charge in [0.25, 0.3) is 5.91 Å². The van der Waals surface area contributed by atoms with E-state index in [4.69, 9.17) is 0 Å². The number of fused-ring (bicyclic) bond motifs is 1. The molecule has 146 valence electrons. The van der Waals surface area contributed by atoms with Crippen molar-refractivity contribution in [2.75, 3.05) is 13.1 Å². The molecule has 7 nitrogen and oxygen atoms in total. The Morgan fingerprint density at radius 3 is 2.73 bits per heavy atom. The van der Waals surface area contributed by atoms with E-state index in [1.54, 1.807) is 0 Å². The van der Waals surface area contributed by atoms with Crippen molar-refractivity contribution in [3.63, 3.8) is 0 Å². The summed E-state index contributed by atoms with van der Waals surface area (Å²) in [6.07, 6.45) is 7.26. The first kappa shape index (κ1) is 20.7. The molecule has 0 radical (unpaired) electrons. The molecule has 3 rings (SSSR count). The zero-order valence-corrected chi connectivity index (χ0v) is 16.3. The molecule has 1 aromatic heterocycles. The molecule has 0 spiro atoms. The van der Waals surface area contributed by atoms with Crippen LogP contribution in [0.5, 0.6) is 0 Å². The Balaban J connectivity index is 0.00000243. The van der Waals surface area contributed by atoms with E-state index in [0.29, 0.717) is 31.6 Å². The minimum atomic E-state index is -0.795. The molecule has 2 aliphatic rings. The third-order valence-corrected chi connectivity index (χ3v) is 5.33. The maximum absolute atomic E-state index is 12.9. The molecule has 1 aromatic rings. The maximum atomic E-state index is 12.9. The molecule has 1 aliphatic carbocycles. The van der Waals surface area contributed by atoms with E-state index in [9.17, 15) is 9.59 Å². The summed E-state index contributed by atoms with van der Waals surface area (Å²) < 4.78 is 0. The Hall–Kier alpha value is -1.60. The van der Waals surface area contributed by atoms with Crippen LogP contribution in [0.15, 0.2) is 0 Å². The second kappa shape index (κ2) is 9.37. The van der Waals surface area contributed by atoms with Crippen LogP contribution in [0.25, 0.3) is 0 Å². The molecule has 2 amide bonds. The fraction of sp³-hybridized carbons (Fsp3) is 0.722. The summed E-state index contributed by atoms with van der Waals surface area (Å²) in [7, 11) is 0. The number of hydrogen-bond acceptors (Lipinski definition) is 4. The van der Waals surface area contributed by atoms with E-state index in [-0.39, 0.29) is 24.2 Å². The van der Waals surface area contributed by atoms with Gasteiger partial charge >= 0.3 is 0 Å². The number of carbonyl (C=O) groups excluding carboxylic acids is 2. The average molecular weight is 384 g/mol. The summed E-state index contributed by atoms with van der Waals surface area (Å²) in [5.41, 5.74) is 1.58. The fourth-order valence-corrected chi connectivity index (χ4v) is 3.80. The summed E-state index contributed by atoms with van der Waals surface area (Å²) in [4.78, 5) is 25.7. The molecule has 0 saturated heterocycles. The first-order valence-electron chi connectivity index (χ1n) is 9.54. The highest BCUT2D eigenvalue weighted by Gasteiger charge is 2.41. The highest BCUT2D eigenvalue weighted by Crippen LogP contribution is 2.29. The van der Waals surface area contributed by atoms with Crippen molar-refractivity contribution in [2.45, 2.75) is 70.4 Å². The molecule has 0 unspecified atom stereocenters. The van der Waals surface area contributed by atoms with Crippen LogP contribution in [0.3, 0.4) is 0 Å². The van der Waals surface area contributed by atoms with Crippen molar-refractivity contribution in [3.8, 4) is 0 Å². The standard InChI is InChI=1S/C18H29N5O2.ClH/c1-2-3-10-20-17(25)18(8-5-4-6-9-18)21-16(24)15-13-12-19-11-7-14(13)22-23-15;/h19H,2-12H2,1H3,(H,20,25)(H,21,24)(H,22,23);1H. The van der Waals surface area contributed by atoms with Crippen LogP contribution in [0.2, 0.25) is 0 Å². The second-order valence-corrected chi connectivity index (χ2v) is 7.16. The summed E-state index contributed by atoms with van der Waals surface area (Å²) in [6, 6.07) is 0. The predicted molar refractivity (Wildman–Crippen MR) is 102 cm³/mol. The van der Waals surface area contributed by atoms with Crippen molar-refractivity contribution in [1.82, 2.24) is 26.1 Å². The van der Waals surface area contributed by atoms with Gasteiger partial charge in [0.2, 0.25) is 5.91 Å². The monoisotopic (exact) mass is 383 g/mol. The normalized spacial score (nSPS) is 18.3. The van der Waals surface area contributed by atoms with Crippen molar-refractivity contribution < 1.29 is 9.59 Å². The molecule has 26 heavy (non-hydrogen) atoms. The van der Waals surface area contributed by atoms with E-state index in [1.807, 2.05) is 0 Å². The third-order valence-electron chi connectivity index (χ3n) is 5.33. The van der Waals surface area contributed by atoms with Crippen molar-refractivity contribution in [1.29, 1.82) is 0 Å². The van der Waals surface area contributed by atoms with Gasteiger partial charge in [0.05, 0.1) is 0 Å². The smallest absolute Gasteiger partial charge is 0.272 e. The highest BCUT2D eigenvalue weighted by atomic mass is 35.5. The van der Waals surface area contributed by atoms with E-state index in [1.165, 1.54) is 0 Å². The van der Waals surface area contributed by atoms with Gasteiger partial charge in [0, 0.05) is 37.3 Å². The van der Waals surface area contributed by atoms with E-state index in [2.05, 4.69) is 33.1 Å². The second-order valence-electron chi connectivity index (χ2n) is 7.16. The lowest BCUT2D eigenvalue weighted by atomic mass is 9.80. The van der Waals surface area contributed by atoms with Gasteiger partial charge in [-0.05, 0) is 19.3 Å². The number of H-pyrrole nitrogens is 1. The molecule has 2 heterocycles. The number of aromatic nitrogens is 2. The molecule has 4 N–H and O–H groups in total. The van der Waals surface area contributed by atoms with E-state index in [0.717, 1.165) is 56.3 Å². The Morgan fingerprint density at radius 2 is 2.00 bits per heavy atom. The molecule has 0 atom stereocenters. The van der Waals surface area contributed by atoms with Crippen molar-refractivity contribution >= 4 is 24.2 Å². The molecule has 1 fully saturated rings. The molecule has 1 saturated carbocycles. The zero-order chi connectivity index (χ0) is 17.7. The maximum Gasteiger partial charge on any atom is 0.272 e. The van der Waals surface area contributed by atoms with Crippen molar-refractivity contribution in [3.05, 3.63) is 17.0 Å². The van der Waals surface area contributed by atoms with Gasteiger partial charge in [-0.25, -0.2) is 0 Å². The topological polar surface area (TPSA) is 98.9 Å². The number of nitrogens with zero attached hydrogens (tertiary/aromatic N) is 1. The van der Waals surface area contributed by atoms with Crippen LogP contribution >= 0.6 is 12.4 Å². The van der Waals surface area contributed by atoms with Crippen LogP contribution in [-0.2, 0) is 17.8 Å². The average Bonchev–Trinajstić information content (AvgIpc) is 3.07. The number of aromatic amines is 1. The van der Waals surface area contributed by atoms with Crippen LogP contribution in [0, 0.1) is 0 Å². The molecule has 8 heteroatoms. The van der Waals surface area contributed by atoms with Crippen LogP contribution < -0.4 is 16.0 Å². The SMILES string of the molecule is CCCCNC(=O)C1(NC(=O)c2n[nH]c3c2CNCC3)CCCCC1.Cl. The van der Waals surface area contributed by atoms with Gasteiger partial charge < -0.3 is 16.0 Å². The van der Waals surface area contributed by atoms with E-state index < -0.39 is 5.54 Å². The highest BCUT2D eigenvalue weighted by molar-refractivity contribution is 5.99. The van der Waals surface area contributed by atoms with Gasteiger partial charge in [-0.3, -0.25) is 14.7 Å². The fourth-order valence-electron chi connectivity index (χ4n) is 3.80. The Bertz CT molecular complexity index is 625. The quantitative estimate of drug-likeness (QED) is 0.563. The third kappa shape index (κ3) is 4.38. The van der Waals surface area contributed by atoms with Gasteiger partial charge in [0.1, 0.15) is 5.54 Å². The number of rotatable bonds is 6. The predicted octanol–water partition coefficient (Wildman–Crippen LogP) is 1.83. The molecular formula is C18H30ClN5O2. The van der Waals surface area contributed by atoms with Gasteiger partial charge in [-0.2, -0.15) is 5.10 Å². The summed E-state index contributed by atoms with van der Waals surface area (Å²) >= 11 is 0. The molecular weight excluding hydrogens is 354 g/mol. The van der Waals surface area contributed by atoms with Crippen LogP contribution in [0.1, 0.15) is 73.6 Å². The Morgan fingerprint density at radius 1 is 1.23 bits per heavy atom. The number of carbonyl (C=O) groups is 2. The molecule has 1 aliphatic heterocycles. The lowest BCUT2D eigenvalue weighted by molar-refractivity contribution is -0.128. The first-order valence-corrected chi connectivity index (χ1v) is 9.54. The molecule has 0 bridgehead atoms. The number of unbranched alkanes of at least 4 members (excludes halogenated alkanes) is 1. The largest absolute Gasteiger partial charge is 0.354 e. The summed E-state index contributed by atoms with van der Waals surface area (Å²) in [5, 5.41) is 16.5. The lowest BCUT2D eigenvalue weighted by Crippen LogP contribution is -2.60. The van der Waals surface area contributed by atoms with Gasteiger partial charge in [-0.1, -0.05) is 32.6 Å². The van der Waals surface area contributed by atoms with Gasteiger partial charge in [-0.15, -0.1) is 12.4 Å². The zero-order valence-electron chi connectivity index (χ0n) is 15.5. The Labute approximate surface area is 160 Å². The minimum absolute atomic E-state index is 0. The van der Waals surface area contributed by atoms with Crippen LogP contribution in [-0.4, -0.2) is 40.6 Å². The minimum Gasteiger partial charge on any atom is -0.354 e. The van der Waals surface area contributed by atoms with Crippen molar-refractivity contribution in [2.24, 2.45) is 0 Å². The van der Waals surface area contributed by atoms with Gasteiger partial charge in [0.15, 0.2) is 5.69 Å². The number of amides is 2. The number of nitrogens with one attached hydrogen (secondary N) is 4. The molecule has 0 aromatic carbocycles. The van der Waals surface area contributed by atoms with E-state index >= 15 is 0 Å².